The highest BCUT2D eigenvalue weighted by Crippen LogP contribution is 2.24. The van der Waals surface area contributed by atoms with Gasteiger partial charge in [-0.15, -0.1) is 0 Å². The van der Waals surface area contributed by atoms with Gasteiger partial charge in [0.15, 0.2) is 5.78 Å². The van der Waals surface area contributed by atoms with Gasteiger partial charge in [0.25, 0.3) is 0 Å². The van der Waals surface area contributed by atoms with Crippen molar-refractivity contribution in [3.05, 3.63) is 58.1 Å². The molecule has 20 heavy (non-hydrogen) atoms. The summed E-state index contributed by atoms with van der Waals surface area (Å²) in [6.45, 7) is -2.89. The predicted molar refractivity (Wildman–Crippen MR) is 75.1 cm³/mol. The van der Waals surface area contributed by atoms with E-state index in [1.54, 1.807) is 18.2 Å². The molecule has 0 spiro atoms. The Morgan fingerprint density at radius 3 is 2.35 bits per heavy atom. The number of benzene rings is 2. The van der Waals surface area contributed by atoms with E-state index in [0.717, 1.165) is 0 Å². The second-order valence-corrected chi connectivity index (χ2v) is 4.83. The summed E-state index contributed by atoms with van der Waals surface area (Å²) in [5.41, 5.74) is 6.96. The van der Waals surface area contributed by atoms with E-state index < -0.39 is 6.61 Å². The smallest absolute Gasteiger partial charge is 0.387 e. The van der Waals surface area contributed by atoms with Crippen LogP contribution in [-0.2, 0) is 0 Å². The molecule has 0 saturated heterocycles. The molecule has 0 aliphatic rings. The first-order valence-electron chi connectivity index (χ1n) is 5.62. The molecule has 6 heteroatoms. The van der Waals surface area contributed by atoms with E-state index in [9.17, 15) is 13.6 Å². The Balaban J connectivity index is 2.25. The summed E-state index contributed by atoms with van der Waals surface area (Å²) in [4.78, 5) is 12.3. The van der Waals surface area contributed by atoms with Gasteiger partial charge in [-0.1, -0.05) is 0 Å². The van der Waals surface area contributed by atoms with Gasteiger partial charge in [0.1, 0.15) is 5.75 Å². The van der Waals surface area contributed by atoms with E-state index >= 15 is 0 Å². The van der Waals surface area contributed by atoms with E-state index in [4.69, 9.17) is 5.73 Å². The van der Waals surface area contributed by atoms with E-state index in [1.165, 1.54) is 24.3 Å². The number of hydrogen-bond donors (Lipinski definition) is 1. The lowest BCUT2D eigenvalue weighted by Gasteiger charge is -2.07. The lowest BCUT2D eigenvalue weighted by molar-refractivity contribution is -0.0498. The Kier molecular flexibility index (Phi) is 4.34. The highest BCUT2D eigenvalue weighted by atomic mass is 79.9. The minimum Gasteiger partial charge on any atom is -0.435 e. The molecule has 0 bridgehead atoms. The number of alkyl halides is 2. The van der Waals surface area contributed by atoms with Gasteiger partial charge in [-0.2, -0.15) is 8.78 Å². The lowest BCUT2D eigenvalue weighted by Crippen LogP contribution is -2.04. The van der Waals surface area contributed by atoms with Gasteiger partial charge in [0.2, 0.25) is 0 Å². The fourth-order valence-corrected chi connectivity index (χ4v) is 2.24. The Morgan fingerprint density at radius 1 is 1.15 bits per heavy atom. The van der Waals surface area contributed by atoms with Crippen LogP contribution in [0, 0.1) is 0 Å². The zero-order valence-electron chi connectivity index (χ0n) is 10.1. The zero-order chi connectivity index (χ0) is 14.7. The number of ether oxygens (including phenoxy) is 1. The number of ketones is 1. The first-order valence-corrected chi connectivity index (χ1v) is 6.41. The first-order chi connectivity index (χ1) is 9.47. The number of carbonyl (C=O) groups is 1. The summed E-state index contributed by atoms with van der Waals surface area (Å²) in [7, 11) is 0. The standard InChI is InChI=1S/C14H10BrF2NO2/c15-12-7-9(18)3-6-11(12)13(19)8-1-4-10(5-2-8)20-14(16)17/h1-7,14H,18H2. The maximum atomic E-state index is 12.3. The van der Waals surface area contributed by atoms with Crippen molar-refractivity contribution in [3.8, 4) is 5.75 Å². The third kappa shape index (κ3) is 3.33. The van der Waals surface area contributed by atoms with Crippen molar-refractivity contribution in [2.24, 2.45) is 0 Å². The van der Waals surface area contributed by atoms with Crippen LogP contribution in [-0.4, -0.2) is 12.4 Å². The van der Waals surface area contributed by atoms with Gasteiger partial charge in [-0.25, -0.2) is 0 Å². The summed E-state index contributed by atoms with van der Waals surface area (Å²) >= 11 is 3.27. The van der Waals surface area contributed by atoms with Gasteiger partial charge in [0, 0.05) is 21.3 Å². The topological polar surface area (TPSA) is 52.3 Å². The fraction of sp³-hybridized carbons (Fsp3) is 0.0714. The minimum absolute atomic E-state index is 0.00734. The van der Waals surface area contributed by atoms with Gasteiger partial charge < -0.3 is 10.5 Å². The third-order valence-electron chi connectivity index (χ3n) is 2.58. The van der Waals surface area contributed by atoms with Crippen LogP contribution in [0.1, 0.15) is 15.9 Å². The molecule has 104 valence electrons. The number of hydrogen-bond acceptors (Lipinski definition) is 3. The van der Waals surface area contributed by atoms with E-state index in [-0.39, 0.29) is 11.5 Å². The highest BCUT2D eigenvalue weighted by Gasteiger charge is 2.13. The number of anilines is 1. The van der Waals surface area contributed by atoms with Crippen LogP contribution in [0.3, 0.4) is 0 Å². The van der Waals surface area contributed by atoms with Crippen molar-refractivity contribution in [3.63, 3.8) is 0 Å². The molecule has 0 unspecified atom stereocenters. The van der Waals surface area contributed by atoms with Gasteiger partial charge in [0.05, 0.1) is 0 Å². The molecule has 2 aromatic carbocycles. The van der Waals surface area contributed by atoms with Crippen molar-refractivity contribution >= 4 is 27.4 Å². The summed E-state index contributed by atoms with van der Waals surface area (Å²) in [6.07, 6.45) is 0. The van der Waals surface area contributed by atoms with E-state index in [0.29, 0.717) is 21.3 Å². The zero-order valence-corrected chi connectivity index (χ0v) is 11.7. The van der Waals surface area contributed by atoms with Crippen LogP contribution in [0.15, 0.2) is 46.9 Å². The number of carbonyl (C=O) groups excluding carboxylic acids is 1. The van der Waals surface area contributed by atoms with Crippen LogP contribution in [0.5, 0.6) is 5.75 Å². The average Bonchev–Trinajstić information content (AvgIpc) is 2.38. The number of rotatable bonds is 4. The van der Waals surface area contributed by atoms with Crippen molar-refractivity contribution in [1.29, 1.82) is 0 Å². The maximum absolute atomic E-state index is 12.3. The molecule has 2 rings (SSSR count). The highest BCUT2D eigenvalue weighted by molar-refractivity contribution is 9.10. The van der Waals surface area contributed by atoms with Crippen molar-refractivity contribution in [2.45, 2.75) is 6.61 Å². The van der Waals surface area contributed by atoms with Crippen LogP contribution in [0.2, 0.25) is 0 Å². The molecular formula is C14H10BrF2NO2. The Labute approximate surface area is 122 Å². The molecule has 0 aliphatic carbocycles. The molecule has 0 fully saturated rings. The largest absolute Gasteiger partial charge is 0.435 e. The average molecular weight is 342 g/mol. The molecular weight excluding hydrogens is 332 g/mol. The van der Waals surface area contributed by atoms with Crippen LogP contribution >= 0.6 is 15.9 Å². The van der Waals surface area contributed by atoms with Crippen LogP contribution in [0.4, 0.5) is 14.5 Å². The Hall–Kier alpha value is -1.95. The molecule has 0 atom stereocenters. The molecule has 2 aromatic rings. The van der Waals surface area contributed by atoms with Gasteiger partial charge >= 0.3 is 6.61 Å². The van der Waals surface area contributed by atoms with E-state index in [1.807, 2.05) is 0 Å². The van der Waals surface area contributed by atoms with Crippen LogP contribution in [0.25, 0.3) is 0 Å². The number of nitrogens with two attached hydrogens (primary N) is 1. The van der Waals surface area contributed by atoms with Crippen molar-refractivity contribution < 1.29 is 18.3 Å². The second-order valence-electron chi connectivity index (χ2n) is 3.97. The normalized spacial score (nSPS) is 10.6. The first kappa shape index (κ1) is 14.5. The minimum atomic E-state index is -2.89. The summed E-state index contributed by atoms with van der Waals surface area (Å²) in [5, 5.41) is 0. The molecule has 0 heterocycles. The molecule has 0 aliphatic heterocycles. The third-order valence-corrected chi connectivity index (χ3v) is 3.24. The summed E-state index contributed by atoms with van der Waals surface area (Å²) in [6, 6.07) is 10.4. The SMILES string of the molecule is Nc1ccc(C(=O)c2ccc(OC(F)F)cc2)c(Br)c1. The molecule has 0 amide bonds. The Bertz CT molecular complexity index is 630. The quantitative estimate of drug-likeness (QED) is 0.678. The fourth-order valence-electron chi connectivity index (χ4n) is 1.66. The van der Waals surface area contributed by atoms with E-state index in [2.05, 4.69) is 20.7 Å². The molecule has 3 nitrogen and oxygen atoms in total. The molecule has 0 radical (unpaired) electrons. The molecule has 0 aromatic heterocycles. The lowest BCUT2D eigenvalue weighted by atomic mass is 10.0. The summed E-state index contributed by atoms with van der Waals surface area (Å²) < 4.78 is 28.9. The van der Waals surface area contributed by atoms with Gasteiger partial charge in [-0.05, 0) is 58.4 Å². The number of halogens is 3. The number of nitrogen functional groups attached to an aromatic ring is 1. The molecule has 2 N–H and O–H groups in total. The molecule has 0 saturated carbocycles. The van der Waals surface area contributed by atoms with Crippen LogP contribution < -0.4 is 10.5 Å². The maximum Gasteiger partial charge on any atom is 0.387 e. The monoisotopic (exact) mass is 341 g/mol. The van der Waals surface area contributed by atoms with Crippen molar-refractivity contribution in [1.82, 2.24) is 0 Å². The predicted octanol–water partition coefficient (Wildman–Crippen LogP) is 3.86. The Morgan fingerprint density at radius 2 is 1.80 bits per heavy atom. The second kappa shape index (κ2) is 6.00. The van der Waals surface area contributed by atoms with Crippen molar-refractivity contribution in [2.75, 3.05) is 5.73 Å². The van der Waals surface area contributed by atoms with Gasteiger partial charge in [-0.3, -0.25) is 4.79 Å². The summed E-state index contributed by atoms with van der Waals surface area (Å²) in [5.74, 6) is -0.228.